The van der Waals surface area contributed by atoms with E-state index in [1.807, 2.05) is 13.8 Å². The lowest BCUT2D eigenvalue weighted by Crippen LogP contribution is -2.46. The van der Waals surface area contributed by atoms with Crippen molar-refractivity contribution in [1.82, 2.24) is 4.90 Å². The minimum atomic E-state index is -1.13. The highest BCUT2D eigenvalue weighted by Crippen LogP contribution is 2.28. The Balaban J connectivity index is 2.80. The summed E-state index contributed by atoms with van der Waals surface area (Å²) in [6.45, 7) is 8.90. The molecule has 120 valence electrons. The van der Waals surface area contributed by atoms with Crippen LogP contribution in [0.25, 0.3) is 0 Å². The second-order valence-corrected chi connectivity index (χ2v) is 6.37. The Hall–Kier alpha value is -1.43. The zero-order valence-corrected chi connectivity index (χ0v) is 13.4. The van der Waals surface area contributed by atoms with Gasteiger partial charge in [0.15, 0.2) is 0 Å². The summed E-state index contributed by atoms with van der Waals surface area (Å²) < 4.78 is 4.91. The third-order valence-corrected chi connectivity index (χ3v) is 4.18. The van der Waals surface area contributed by atoms with Gasteiger partial charge in [-0.3, -0.25) is 9.59 Å². The number of ether oxygens (including phenoxy) is 1. The van der Waals surface area contributed by atoms with Gasteiger partial charge >= 0.3 is 6.09 Å². The molecule has 1 unspecified atom stereocenters. The van der Waals surface area contributed by atoms with E-state index in [0.29, 0.717) is 6.42 Å². The fourth-order valence-electron chi connectivity index (χ4n) is 2.37. The molecule has 1 rings (SSSR count). The number of aliphatic hydroxyl groups excluding tert-OH is 1. The molecule has 0 aromatic carbocycles. The van der Waals surface area contributed by atoms with E-state index in [2.05, 4.69) is 0 Å². The number of imide groups is 1. The quantitative estimate of drug-likeness (QED) is 0.807. The summed E-state index contributed by atoms with van der Waals surface area (Å²) in [5.74, 6) is -0.546. The third kappa shape index (κ3) is 3.61. The molecule has 1 aliphatic heterocycles. The van der Waals surface area contributed by atoms with Gasteiger partial charge in [-0.1, -0.05) is 34.6 Å². The Bertz CT molecular complexity index is 430. The fraction of sp³-hybridized carbons (Fsp3) is 0.800. The van der Waals surface area contributed by atoms with E-state index >= 15 is 0 Å². The predicted molar refractivity (Wildman–Crippen MR) is 76.5 cm³/mol. The molecular weight excluding hydrogens is 274 g/mol. The average Bonchev–Trinajstić information content (AvgIpc) is 2.79. The Morgan fingerprint density at radius 3 is 2.48 bits per heavy atom. The number of carbonyl (C=O) groups is 3. The van der Waals surface area contributed by atoms with Crippen LogP contribution in [0.4, 0.5) is 4.79 Å². The van der Waals surface area contributed by atoms with Gasteiger partial charge in [-0.2, -0.15) is 0 Å². The van der Waals surface area contributed by atoms with E-state index in [1.54, 1.807) is 20.8 Å². The van der Waals surface area contributed by atoms with Crippen molar-refractivity contribution in [2.45, 2.75) is 59.6 Å². The van der Waals surface area contributed by atoms with Crippen molar-refractivity contribution in [2.75, 3.05) is 6.61 Å². The zero-order valence-electron chi connectivity index (χ0n) is 13.4. The van der Waals surface area contributed by atoms with Gasteiger partial charge in [0.1, 0.15) is 12.4 Å². The molecule has 21 heavy (non-hydrogen) atoms. The summed E-state index contributed by atoms with van der Waals surface area (Å²) in [4.78, 5) is 36.9. The highest BCUT2D eigenvalue weighted by Gasteiger charge is 2.42. The number of hydrogen-bond acceptors (Lipinski definition) is 5. The van der Waals surface area contributed by atoms with Gasteiger partial charge in [0, 0.05) is 11.8 Å². The Kier molecular flexibility index (Phi) is 5.50. The SMILES string of the molecule is CCC(=O)C(C)(C)C(O)CC(=O)N1C(=O)OC[C@@H]1C(C)C. The number of rotatable bonds is 6. The smallest absolute Gasteiger partial charge is 0.416 e. The number of hydrogen-bond donors (Lipinski definition) is 1. The Labute approximate surface area is 125 Å². The molecule has 6 nitrogen and oxygen atoms in total. The standard InChI is InChI=1S/C15H25NO5/c1-6-11(17)15(4,5)12(18)7-13(19)16-10(9(2)3)8-21-14(16)20/h9-10,12,18H,6-8H2,1-5H3/t10-,12?/m1/s1. The van der Waals surface area contributed by atoms with Crippen LogP contribution in [-0.2, 0) is 14.3 Å². The molecule has 1 heterocycles. The van der Waals surface area contributed by atoms with E-state index in [1.165, 1.54) is 0 Å². The topological polar surface area (TPSA) is 83.9 Å². The summed E-state index contributed by atoms with van der Waals surface area (Å²) in [6.07, 6.45) is -1.78. The number of cyclic esters (lactones) is 1. The van der Waals surface area contributed by atoms with E-state index in [-0.39, 0.29) is 30.8 Å². The summed E-state index contributed by atoms with van der Waals surface area (Å²) in [5, 5.41) is 10.2. The van der Waals surface area contributed by atoms with Crippen molar-refractivity contribution < 1.29 is 24.2 Å². The molecular formula is C15H25NO5. The molecule has 1 fully saturated rings. The van der Waals surface area contributed by atoms with Crippen LogP contribution in [0, 0.1) is 11.3 Å². The first-order valence-corrected chi connectivity index (χ1v) is 7.33. The van der Waals surface area contributed by atoms with Crippen LogP contribution in [0.1, 0.15) is 47.5 Å². The maximum atomic E-state index is 12.3. The summed E-state index contributed by atoms with van der Waals surface area (Å²) >= 11 is 0. The van der Waals surface area contributed by atoms with Crippen LogP contribution in [0.5, 0.6) is 0 Å². The average molecular weight is 299 g/mol. The maximum Gasteiger partial charge on any atom is 0.416 e. The van der Waals surface area contributed by atoms with Gasteiger partial charge in [0.05, 0.1) is 18.6 Å². The highest BCUT2D eigenvalue weighted by molar-refractivity contribution is 5.94. The van der Waals surface area contributed by atoms with Crippen molar-refractivity contribution in [2.24, 2.45) is 11.3 Å². The summed E-state index contributed by atoms with van der Waals surface area (Å²) in [6, 6.07) is -0.317. The normalized spacial score (nSPS) is 20.6. The third-order valence-electron chi connectivity index (χ3n) is 4.18. The van der Waals surface area contributed by atoms with Gasteiger partial charge in [-0.25, -0.2) is 9.69 Å². The second-order valence-electron chi connectivity index (χ2n) is 6.37. The molecule has 1 N–H and O–H groups in total. The number of ketones is 1. The minimum absolute atomic E-state index is 0.0721. The molecule has 0 aromatic heterocycles. The van der Waals surface area contributed by atoms with Crippen molar-refractivity contribution in [3.05, 3.63) is 0 Å². The van der Waals surface area contributed by atoms with Gasteiger partial charge in [0.25, 0.3) is 0 Å². The number of nitrogens with zero attached hydrogens (tertiary/aromatic N) is 1. The molecule has 0 spiro atoms. The van der Waals surface area contributed by atoms with Gasteiger partial charge in [-0.15, -0.1) is 0 Å². The van der Waals surface area contributed by atoms with Crippen molar-refractivity contribution in [3.63, 3.8) is 0 Å². The molecule has 1 saturated heterocycles. The lowest BCUT2D eigenvalue weighted by atomic mass is 9.79. The first kappa shape index (κ1) is 17.6. The maximum absolute atomic E-state index is 12.3. The van der Waals surface area contributed by atoms with Crippen LogP contribution in [0.3, 0.4) is 0 Å². The lowest BCUT2D eigenvalue weighted by Gasteiger charge is -2.30. The van der Waals surface area contributed by atoms with Crippen molar-refractivity contribution >= 4 is 17.8 Å². The Morgan fingerprint density at radius 1 is 1.43 bits per heavy atom. The van der Waals surface area contributed by atoms with Crippen LogP contribution in [0.15, 0.2) is 0 Å². The van der Waals surface area contributed by atoms with Gasteiger partial charge in [-0.05, 0) is 5.92 Å². The summed E-state index contributed by atoms with van der Waals surface area (Å²) in [7, 11) is 0. The number of aliphatic hydroxyl groups is 1. The van der Waals surface area contributed by atoms with E-state index in [0.717, 1.165) is 4.90 Å². The molecule has 0 bridgehead atoms. The molecule has 6 heteroatoms. The molecule has 0 radical (unpaired) electrons. The van der Waals surface area contributed by atoms with Crippen LogP contribution in [0.2, 0.25) is 0 Å². The number of amides is 2. The second kappa shape index (κ2) is 6.56. The van der Waals surface area contributed by atoms with E-state index in [9.17, 15) is 19.5 Å². The lowest BCUT2D eigenvalue weighted by molar-refractivity contribution is -0.138. The monoisotopic (exact) mass is 299 g/mol. The predicted octanol–water partition coefficient (Wildman–Crippen LogP) is 1.75. The summed E-state index contributed by atoms with van der Waals surface area (Å²) in [5.41, 5.74) is -1.01. The molecule has 0 saturated carbocycles. The molecule has 2 atom stereocenters. The highest BCUT2D eigenvalue weighted by atomic mass is 16.6. The number of carbonyl (C=O) groups excluding carboxylic acids is 3. The molecule has 0 aromatic rings. The van der Waals surface area contributed by atoms with Crippen LogP contribution < -0.4 is 0 Å². The fourth-order valence-corrected chi connectivity index (χ4v) is 2.37. The first-order chi connectivity index (χ1) is 9.62. The van der Waals surface area contributed by atoms with E-state index < -0.39 is 23.5 Å². The van der Waals surface area contributed by atoms with Crippen LogP contribution in [-0.4, -0.2) is 46.5 Å². The molecule has 0 aliphatic carbocycles. The first-order valence-electron chi connectivity index (χ1n) is 7.33. The van der Waals surface area contributed by atoms with Gasteiger partial charge in [0.2, 0.25) is 5.91 Å². The van der Waals surface area contributed by atoms with Crippen LogP contribution >= 0.6 is 0 Å². The largest absolute Gasteiger partial charge is 0.447 e. The van der Waals surface area contributed by atoms with E-state index in [4.69, 9.17) is 4.74 Å². The minimum Gasteiger partial charge on any atom is -0.447 e. The van der Waals surface area contributed by atoms with Crippen molar-refractivity contribution in [3.8, 4) is 0 Å². The van der Waals surface area contributed by atoms with Crippen molar-refractivity contribution in [1.29, 1.82) is 0 Å². The molecule has 2 amide bonds. The number of Topliss-reactive ketones (excluding diaryl/α,β-unsaturated/α-hetero) is 1. The van der Waals surface area contributed by atoms with Gasteiger partial charge < -0.3 is 9.84 Å². The molecule has 1 aliphatic rings. The zero-order chi connectivity index (χ0) is 16.4. The Morgan fingerprint density at radius 2 is 2.00 bits per heavy atom.